The van der Waals surface area contributed by atoms with Crippen LogP contribution < -0.4 is 10.2 Å². The lowest BCUT2D eigenvalue weighted by atomic mass is 10.3. The Labute approximate surface area is 139 Å². The molecule has 6 heteroatoms. The molecular weight excluding hydrogens is 342 g/mol. The molecule has 0 radical (unpaired) electrons. The van der Waals surface area contributed by atoms with Crippen molar-refractivity contribution >= 4 is 33.3 Å². The van der Waals surface area contributed by atoms with Crippen LogP contribution in [0.1, 0.15) is 5.82 Å². The molecule has 0 amide bonds. The molecule has 1 aliphatic heterocycles. The quantitative estimate of drug-likeness (QED) is 0.909. The second-order valence-electron chi connectivity index (χ2n) is 5.55. The van der Waals surface area contributed by atoms with Gasteiger partial charge >= 0.3 is 0 Å². The predicted molar refractivity (Wildman–Crippen MR) is 93.9 cm³/mol. The maximum Gasteiger partial charge on any atom is 0.136 e. The number of aryl methyl sites for hydroxylation is 1. The van der Waals surface area contributed by atoms with Crippen molar-refractivity contribution in [2.24, 2.45) is 0 Å². The van der Waals surface area contributed by atoms with Crippen LogP contribution in [-0.4, -0.2) is 48.1 Å². The van der Waals surface area contributed by atoms with Crippen molar-refractivity contribution in [2.75, 3.05) is 43.4 Å². The van der Waals surface area contributed by atoms with E-state index in [1.807, 2.05) is 37.3 Å². The molecule has 0 aliphatic carbocycles. The molecule has 3 rings (SSSR count). The summed E-state index contributed by atoms with van der Waals surface area (Å²) in [6, 6.07) is 10.1. The van der Waals surface area contributed by atoms with Gasteiger partial charge in [-0.1, -0.05) is 12.1 Å². The van der Waals surface area contributed by atoms with Gasteiger partial charge in [0.15, 0.2) is 0 Å². The minimum Gasteiger partial charge on any atom is -0.354 e. The number of anilines is 3. The van der Waals surface area contributed by atoms with Gasteiger partial charge in [0.2, 0.25) is 0 Å². The smallest absolute Gasteiger partial charge is 0.136 e. The van der Waals surface area contributed by atoms with Crippen LogP contribution in [0.5, 0.6) is 0 Å². The summed E-state index contributed by atoms with van der Waals surface area (Å²) in [5, 5.41) is 3.37. The van der Waals surface area contributed by atoms with Crippen molar-refractivity contribution < 1.29 is 0 Å². The Morgan fingerprint density at radius 1 is 1.09 bits per heavy atom. The summed E-state index contributed by atoms with van der Waals surface area (Å²) in [5.74, 6) is 2.61. The van der Waals surface area contributed by atoms with Crippen molar-refractivity contribution in [1.82, 2.24) is 14.9 Å². The van der Waals surface area contributed by atoms with Gasteiger partial charge in [0.25, 0.3) is 0 Å². The molecule has 5 nitrogen and oxygen atoms in total. The summed E-state index contributed by atoms with van der Waals surface area (Å²) < 4.78 is 1.02. The van der Waals surface area contributed by atoms with Crippen LogP contribution in [0.3, 0.4) is 0 Å². The lowest BCUT2D eigenvalue weighted by Gasteiger charge is -2.33. The molecule has 0 unspecified atom stereocenters. The molecule has 1 aliphatic rings. The van der Waals surface area contributed by atoms with Crippen LogP contribution in [0.2, 0.25) is 0 Å². The maximum absolute atomic E-state index is 4.59. The van der Waals surface area contributed by atoms with Crippen molar-refractivity contribution in [3.8, 4) is 0 Å². The van der Waals surface area contributed by atoms with Gasteiger partial charge in [-0.05, 0) is 42.0 Å². The van der Waals surface area contributed by atoms with E-state index in [0.717, 1.165) is 53.8 Å². The van der Waals surface area contributed by atoms with E-state index >= 15 is 0 Å². The highest BCUT2D eigenvalue weighted by atomic mass is 79.9. The number of rotatable bonds is 3. The monoisotopic (exact) mass is 361 g/mol. The molecule has 1 aromatic carbocycles. The first-order valence-corrected chi connectivity index (χ1v) is 8.22. The van der Waals surface area contributed by atoms with Gasteiger partial charge in [-0.3, -0.25) is 0 Å². The number of halogens is 1. The average Bonchev–Trinajstić information content (AvgIpc) is 2.50. The lowest BCUT2D eigenvalue weighted by Crippen LogP contribution is -2.44. The van der Waals surface area contributed by atoms with Crippen LogP contribution in [-0.2, 0) is 0 Å². The number of aromatic nitrogens is 2. The number of nitrogens with one attached hydrogen (secondary N) is 1. The zero-order valence-corrected chi connectivity index (χ0v) is 14.5. The lowest BCUT2D eigenvalue weighted by molar-refractivity contribution is 0.312. The number of hydrogen-bond acceptors (Lipinski definition) is 5. The Bertz CT molecular complexity index is 653. The third kappa shape index (κ3) is 3.56. The van der Waals surface area contributed by atoms with Gasteiger partial charge in [0, 0.05) is 36.7 Å². The van der Waals surface area contributed by atoms with Crippen molar-refractivity contribution in [3.63, 3.8) is 0 Å². The number of piperazine rings is 1. The number of para-hydroxylation sites is 1. The Morgan fingerprint density at radius 3 is 2.55 bits per heavy atom. The highest BCUT2D eigenvalue weighted by Gasteiger charge is 2.16. The average molecular weight is 362 g/mol. The highest BCUT2D eigenvalue weighted by Crippen LogP contribution is 2.26. The van der Waals surface area contributed by atoms with E-state index in [9.17, 15) is 0 Å². The van der Waals surface area contributed by atoms with Gasteiger partial charge in [0.1, 0.15) is 17.5 Å². The third-order valence-electron chi connectivity index (χ3n) is 3.79. The van der Waals surface area contributed by atoms with E-state index in [0.29, 0.717) is 0 Å². The van der Waals surface area contributed by atoms with Gasteiger partial charge < -0.3 is 15.1 Å². The van der Waals surface area contributed by atoms with Gasteiger partial charge in [-0.2, -0.15) is 0 Å². The molecular formula is C16H20BrN5. The first kappa shape index (κ1) is 15.2. The fourth-order valence-electron chi connectivity index (χ4n) is 2.51. The molecule has 116 valence electrons. The Hall–Kier alpha value is -1.66. The fourth-order valence-corrected chi connectivity index (χ4v) is 2.90. The van der Waals surface area contributed by atoms with Gasteiger partial charge in [0.05, 0.1) is 5.69 Å². The van der Waals surface area contributed by atoms with Gasteiger partial charge in [-0.15, -0.1) is 0 Å². The highest BCUT2D eigenvalue weighted by molar-refractivity contribution is 9.10. The van der Waals surface area contributed by atoms with Crippen LogP contribution >= 0.6 is 15.9 Å². The van der Waals surface area contributed by atoms with Crippen molar-refractivity contribution in [3.05, 3.63) is 40.6 Å². The zero-order chi connectivity index (χ0) is 15.5. The van der Waals surface area contributed by atoms with Crippen molar-refractivity contribution in [2.45, 2.75) is 6.92 Å². The molecule has 2 aromatic rings. The summed E-state index contributed by atoms with van der Waals surface area (Å²) in [4.78, 5) is 13.7. The molecule has 2 heterocycles. The topological polar surface area (TPSA) is 44.3 Å². The van der Waals surface area contributed by atoms with E-state index in [2.05, 4.69) is 48.1 Å². The number of likely N-dealkylation sites (N-methyl/N-ethyl adjacent to an activating group) is 1. The van der Waals surface area contributed by atoms with E-state index in [1.165, 1.54) is 0 Å². The standard InChI is InChI=1S/C16H20BrN5/c1-12-18-15(20-14-6-4-3-5-13(14)17)11-16(19-12)22-9-7-21(2)8-10-22/h3-6,11H,7-10H2,1-2H3,(H,18,19,20). The molecule has 1 aromatic heterocycles. The SMILES string of the molecule is Cc1nc(Nc2ccccc2Br)cc(N2CCN(C)CC2)n1. The zero-order valence-electron chi connectivity index (χ0n) is 12.9. The Balaban J connectivity index is 1.82. The molecule has 0 saturated carbocycles. The normalized spacial score (nSPS) is 15.9. The molecule has 1 saturated heterocycles. The fraction of sp³-hybridized carbons (Fsp3) is 0.375. The molecule has 1 fully saturated rings. The summed E-state index contributed by atoms with van der Waals surface area (Å²) in [5.41, 5.74) is 1.00. The Kier molecular flexibility index (Phi) is 4.59. The number of hydrogen-bond donors (Lipinski definition) is 1. The summed E-state index contributed by atoms with van der Waals surface area (Å²) in [6.07, 6.45) is 0. The van der Waals surface area contributed by atoms with E-state index in [-0.39, 0.29) is 0 Å². The van der Waals surface area contributed by atoms with Gasteiger partial charge in [-0.25, -0.2) is 9.97 Å². The second-order valence-corrected chi connectivity index (χ2v) is 6.41. The minimum absolute atomic E-state index is 0.783. The number of nitrogens with zero attached hydrogens (tertiary/aromatic N) is 4. The predicted octanol–water partition coefficient (Wildman–Crippen LogP) is 3.04. The first-order chi connectivity index (χ1) is 10.6. The molecule has 0 bridgehead atoms. The summed E-state index contributed by atoms with van der Waals surface area (Å²) >= 11 is 3.55. The molecule has 0 atom stereocenters. The minimum atomic E-state index is 0.783. The molecule has 22 heavy (non-hydrogen) atoms. The van der Waals surface area contributed by atoms with Crippen LogP contribution in [0.25, 0.3) is 0 Å². The van der Waals surface area contributed by atoms with Crippen molar-refractivity contribution in [1.29, 1.82) is 0 Å². The third-order valence-corrected chi connectivity index (χ3v) is 4.48. The van der Waals surface area contributed by atoms with Crippen LogP contribution in [0.4, 0.5) is 17.3 Å². The van der Waals surface area contributed by atoms with E-state index < -0.39 is 0 Å². The maximum atomic E-state index is 4.59. The largest absolute Gasteiger partial charge is 0.354 e. The van der Waals surface area contributed by atoms with E-state index in [1.54, 1.807) is 0 Å². The van der Waals surface area contributed by atoms with E-state index in [4.69, 9.17) is 0 Å². The number of benzene rings is 1. The summed E-state index contributed by atoms with van der Waals surface area (Å²) in [7, 11) is 2.16. The first-order valence-electron chi connectivity index (χ1n) is 7.42. The molecule has 0 spiro atoms. The molecule has 1 N–H and O–H groups in total. The summed E-state index contributed by atoms with van der Waals surface area (Å²) in [6.45, 7) is 6.07. The van der Waals surface area contributed by atoms with Crippen LogP contribution in [0, 0.1) is 6.92 Å². The Morgan fingerprint density at radius 2 is 1.82 bits per heavy atom. The second kappa shape index (κ2) is 6.62. The van der Waals surface area contributed by atoms with Crippen LogP contribution in [0.15, 0.2) is 34.8 Å².